The van der Waals surface area contributed by atoms with Crippen LogP contribution in [0.15, 0.2) is 63.2 Å². The summed E-state index contributed by atoms with van der Waals surface area (Å²) in [6, 6.07) is 12.9. The third-order valence-corrected chi connectivity index (χ3v) is 5.05. The molecule has 13 heteroatoms. The maximum absolute atomic E-state index is 12.4. The van der Waals surface area contributed by atoms with Gasteiger partial charge in [-0.1, -0.05) is 28.1 Å². The van der Waals surface area contributed by atoms with Gasteiger partial charge < -0.3 is 19.7 Å². The van der Waals surface area contributed by atoms with Crippen molar-refractivity contribution >= 4 is 39.5 Å². The Bertz CT molecular complexity index is 1140. The Balaban J connectivity index is 1.53. The Morgan fingerprint density at radius 2 is 1.82 bits per heavy atom. The average molecular weight is 538 g/mol. The molecule has 0 saturated carbocycles. The summed E-state index contributed by atoms with van der Waals surface area (Å²) in [6.07, 6.45) is -4.76. The number of aromatic nitrogens is 3. The number of nitrogens with zero attached hydrogens (tertiary/aromatic N) is 6. The lowest BCUT2D eigenvalue weighted by Crippen LogP contribution is -2.37. The van der Waals surface area contributed by atoms with Gasteiger partial charge in [-0.15, -0.1) is 18.3 Å². The number of hydrogen-bond acceptors (Lipinski definition) is 9. The molecule has 0 bridgehead atoms. The van der Waals surface area contributed by atoms with E-state index in [1.54, 1.807) is 0 Å². The Labute approximate surface area is 201 Å². The molecule has 0 spiro atoms. The van der Waals surface area contributed by atoms with E-state index in [4.69, 9.17) is 4.74 Å². The second-order valence-electron chi connectivity index (χ2n) is 7.09. The first-order valence-electron chi connectivity index (χ1n) is 10.2. The number of ether oxygens (including phenoxy) is 2. The highest BCUT2D eigenvalue weighted by molar-refractivity contribution is 9.10. The third kappa shape index (κ3) is 7.09. The average Bonchev–Trinajstić information content (AvgIpc) is 2.80. The van der Waals surface area contributed by atoms with E-state index in [9.17, 15) is 13.2 Å². The van der Waals surface area contributed by atoms with E-state index in [2.05, 4.69) is 51.2 Å². The van der Waals surface area contributed by atoms with Crippen LogP contribution in [0.4, 0.5) is 36.7 Å². The molecule has 0 aliphatic carbocycles. The first-order valence-corrected chi connectivity index (χ1v) is 11.0. The number of anilines is 3. The van der Waals surface area contributed by atoms with Gasteiger partial charge in [-0.25, -0.2) is 0 Å². The van der Waals surface area contributed by atoms with Gasteiger partial charge in [-0.05, 0) is 42.0 Å². The summed E-state index contributed by atoms with van der Waals surface area (Å²) in [4.78, 5) is 15.0. The van der Waals surface area contributed by atoms with Gasteiger partial charge in [0.1, 0.15) is 5.75 Å². The van der Waals surface area contributed by atoms with Gasteiger partial charge >= 0.3 is 6.36 Å². The molecule has 3 aromatic rings. The minimum absolute atomic E-state index is 0.103. The molecule has 0 radical (unpaired) electrons. The van der Waals surface area contributed by atoms with Crippen molar-refractivity contribution in [3.8, 4) is 5.75 Å². The highest BCUT2D eigenvalue weighted by Crippen LogP contribution is 2.26. The van der Waals surface area contributed by atoms with Crippen LogP contribution in [0.1, 0.15) is 5.56 Å². The van der Waals surface area contributed by atoms with Crippen molar-refractivity contribution in [3.05, 3.63) is 58.6 Å². The molecule has 1 aliphatic rings. The highest BCUT2D eigenvalue weighted by Gasteiger charge is 2.31. The molecule has 2 heterocycles. The fourth-order valence-corrected chi connectivity index (χ4v) is 3.49. The minimum Gasteiger partial charge on any atom is -0.406 e. The molecule has 1 N–H and O–H groups in total. The van der Waals surface area contributed by atoms with Gasteiger partial charge in [0.05, 0.1) is 19.8 Å². The molecule has 0 unspecified atom stereocenters. The SMILES string of the molecule is FC(F)(F)Oc1ccc(Nc2nc(N=NCc3cccc(Br)c3)nc(N3CCOCC3)n2)cc1. The van der Waals surface area contributed by atoms with Gasteiger partial charge in [-0.2, -0.15) is 20.1 Å². The summed E-state index contributed by atoms with van der Waals surface area (Å²) >= 11 is 3.42. The van der Waals surface area contributed by atoms with E-state index in [-0.39, 0.29) is 17.6 Å². The fourth-order valence-electron chi connectivity index (χ4n) is 3.04. The van der Waals surface area contributed by atoms with Crippen LogP contribution in [-0.2, 0) is 11.3 Å². The Morgan fingerprint density at radius 3 is 2.53 bits per heavy atom. The number of benzene rings is 2. The zero-order chi connectivity index (χ0) is 24.0. The number of halogens is 4. The van der Waals surface area contributed by atoms with E-state index in [0.29, 0.717) is 44.5 Å². The van der Waals surface area contributed by atoms with Gasteiger partial charge in [0.25, 0.3) is 5.95 Å². The van der Waals surface area contributed by atoms with Crippen molar-refractivity contribution in [2.24, 2.45) is 10.2 Å². The first-order chi connectivity index (χ1) is 16.3. The van der Waals surface area contributed by atoms with E-state index in [0.717, 1.165) is 10.0 Å². The molecule has 4 rings (SSSR count). The van der Waals surface area contributed by atoms with Crippen LogP contribution in [0.5, 0.6) is 5.75 Å². The Morgan fingerprint density at radius 1 is 1.06 bits per heavy atom. The summed E-state index contributed by atoms with van der Waals surface area (Å²) in [6.45, 7) is 2.61. The summed E-state index contributed by atoms with van der Waals surface area (Å²) < 4.78 is 47.4. The summed E-state index contributed by atoms with van der Waals surface area (Å²) in [5.41, 5.74) is 1.42. The molecular weight excluding hydrogens is 519 g/mol. The third-order valence-electron chi connectivity index (χ3n) is 4.55. The van der Waals surface area contributed by atoms with Crippen LogP contribution in [0.3, 0.4) is 0 Å². The van der Waals surface area contributed by atoms with Crippen LogP contribution in [0, 0.1) is 0 Å². The number of hydrogen-bond donors (Lipinski definition) is 1. The number of rotatable bonds is 7. The molecule has 1 saturated heterocycles. The number of morpholine rings is 1. The monoisotopic (exact) mass is 537 g/mol. The Kier molecular flexibility index (Phi) is 7.53. The van der Waals surface area contributed by atoms with Gasteiger partial charge in [-0.3, -0.25) is 0 Å². The van der Waals surface area contributed by atoms with Crippen molar-refractivity contribution in [2.75, 3.05) is 36.5 Å². The second-order valence-corrected chi connectivity index (χ2v) is 8.00. The molecule has 1 aliphatic heterocycles. The molecular formula is C21H19BrF3N7O2. The van der Waals surface area contributed by atoms with E-state index in [1.165, 1.54) is 24.3 Å². The summed E-state index contributed by atoms with van der Waals surface area (Å²) in [5, 5.41) is 11.3. The molecule has 1 fully saturated rings. The first kappa shape index (κ1) is 23.8. The lowest BCUT2D eigenvalue weighted by atomic mass is 10.2. The van der Waals surface area contributed by atoms with Crippen molar-refractivity contribution in [1.29, 1.82) is 0 Å². The van der Waals surface area contributed by atoms with E-state index in [1.807, 2.05) is 29.2 Å². The van der Waals surface area contributed by atoms with Crippen LogP contribution in [0.2, 0.25) is 0 Å². The molecule has 9 nitrogen and oxygen atoms in total. The number of alkyl halides is 3. The molecule has 178 valence electrons. The second kappa shape index (κ2) is 10.7. The number of nitrogens with one attached hydrogen (secondary N) is 1. The largest absolute Gasteiger partial charge is 0.573 e. The zero-order valence-electron chi connectivity index (χ0n) is 17.7. The van der Waals surface area contributed by atoms with Crippen LogP contribution >= 0.6 is 15.9 Å². The lowest BCUT2D eigenvalue weighted by Gasteiger charge is -2.26. The van der Waals surface area contributed by atoms with Crippen LogP contribution < -0.4 is 15.0 Å². The van der Waals surface area contributed by atoms with Crippen molar-refractivity contribution in [3.63, 3.8) is 0 Å². The fraction of sp³-hybridized carbons (Fsp3) is 0.286. The molecule has 0 amide bonds. The minimum atomic E-state index is -4.76. The van der Waals surface area contributed by atoms with Gasteiger partial charge in [0.15, 0.2) is 0 Å². The molecule has 1 aromatic heterocycles. The standard InChI is InChI=1S/C21H19BrF3N7O2/c22-15-3-1-2-14(12-15)13-26-31-19-28-18(29-20(30-19)32-8-10-33-11-9-32)27-16-4-6-17(7-5-16)34-21(23,24)25/h1-7,12H,8-11,13H2,(H,27,28,29,30). The smallest absolute Gasteiger partial charge is 0.406 e. The van der Waals surface area contributed by atoms with E-state index >= 15 is 0 Å². The van der Waals surface area contributed by atoms with Crippen molar-refractivity contribution in [2.45, 2.75) is 12.9 Å². The number of azo groups is 1. The van der Waals surface area contributed by atoms with E-state index < -0.39 is 6.36 Å². The predicted octanol–water partition coefficient (Wildman–Crippen LogP) is 5.40. The normalized spacial score (nSPS) is 14.4. The molecule has 2 aromatic carbocycles. The summed E-state index contributed by atoms with van der Waals surface area (Å²) in [5.74, 6) is 0.349. The molecule has 0 atom stereocenters. The summed E-state index contributed by atoms with van der Waals surface area (Å²) in [7, 11) is 0. The quantitative estimate of drug-likeness (QED) is 0.403. The van der Waals surface area contributed by atoms with Gasteiger partial charge in [0.2, 0.25) is 11.9 Å². The highest BCUT2D eigenvalue weighted by atomic mass is 79.9. The van der Waals surface area contributed by atoms with Crippen LogP contribution in [0.25, 0.3) is 0 Å². The molecule has 34 heavy (non-hydrogen) atoms. The maximum Gasteiger partial charge on any atom is 0.573 e. The topological polar surface area (TPSA) is 97.1 Å². The Hall–Kier alpha value is -3.32. The zero-order valence-corrected chi connectivity index (χ0v) is 19.3. The van der Waals surface area contributed by atoms with Crippen molar-refractivity contribution in [1.82, 2.24) is 15.0 Å². The lowest BCUT2D eigenvalue weighted by molar-refractivity contribution is -0.274. The van der Waals surface area contributed by atoms with Gasteiger partial charge in [0, 0.05) is 23.2 Å². The van der Waals surface area contributed by atoms with Crippen molar-refractivity contribution < 1.29 is 22.6 Å². The van der Waals surface area contributed by atoms with Crippen LogP contribution in [-0.4, -0.2) is 47.6 Å². The maximum atomic E-state index is 12.4. The predicted molar refractivity (Wildman–Crippen MR) is 122 cm³/mol.